The van der Waals surface area contributed by atoms with Crippen molar-refractivity contribution in [2.24, 2.45) is 0 Å². The third-order valence-corrected chi connectivity index (χ3v) is 4.37. The zero-order valence-electron chi connectivity index (χ0n) is 10.7. The number of aliphatic hydroxyl groups is 1. The smallest absolute Gasteiger partial charge is 0.423 e. The molecule has 0 radical (unpaired) electrons. The molecule has 1 aromatic heterocycles. The molecule has 18 heavy (non-hydrogen) atoms. The summed E-state index contributed by atoms with van der Waals surface area (Å²) in [7, 11) is -1.21. The first-order valence-corrected chi connectivity index (χ1v) is 6.61. The second-order valence-electron chi connectivity index (χ2n) is 5.04. The Balaban J connectivity index is 2.96. The lowest BCUT2D eigenvalue weighted by Gasteiger charge is -2.38. The van der Waals surface area contributed by atoms with E-state index in [4.69, 9.17) is 16.3 Å². The fourth-order valence-electron chi connectivity index (χ4n) is 1.11. The van der Waals surface area contributed by atoms with E-state index in [1.54, 1.807) is 33.8 Å². The molecular formula is C11H16BBrClNO3. The van der Waals surface area contributed by atoms with Crippen LogP contribution >= 0.6 is 27.5 Å². The second-order valence-corrected chi connectivity index (χ2v) is 6.20. The number of hydrogen-bond donors (Lipinski definition) is 2. The van der Waals surface area contributed by atoms with Gasteiger partial charge in [0.05, 0.1) is 15.7 Å². The first-order valence-electron chi connectivity index (χ1n) is 5.44. The first kappa shape index (κ1) is 15.9. The van der Waals surface area contributed by atoms with Gasteiger partial charge in [-0.25, -0.2) is 4.98 Å². The number of halogens is 2. The van der Waals surface area contributed by atoms with Crippen molar-refractivity contribution in [2.75, 3.05) is 0 Å². The molecule has 0 aliphatic rings. The monoisotopic (exact) mass is 335 g/mol. The molecule has 7 heteroatoms. The van der Waals surface area contributed by atoms with Gasteiger partial charge in [0.1, 0.15) is 5.15 Å². The summed E-state index contributed by atoms with van der Waals surface area (Å²) >= 11 is 9.09. The van der Waals surface area contributed by atoms with Crippen molar-refractivity contribution in [2.45, 2.75) is 38.9 Å². The average molecular weight is 336 g/mol. The fraction of sp³-hybridized carbons (Fsp3) is 0.545. The predicted octanol–water partition coefficient (Wildman–Crippen LogP) is 1.75. The number of pyridine rings is 1. The van der Waals surface area contributed by atoms with Gasteiger partial charge in [0, 0.05) is 11.7 Å². The molecule has 1 aromatic rings. The van der Waals surface area contributed by atoms with E-state index >= 15 is 0 Å². The van der Waals surface area contributed by atoms with E-state index in [1.807, 2.05) is 0 Å². The van der Waals surface area contributed by atoms with Gasteiger partial charge >= 0.3 is 7.12 Å². The molecule has 0 fully saturated rings. The SMILES string of the molecule is CC(C)(O)C(C)(C)OB(O)c1ccnc(Cl)c1Br. The molecule has 1 rings (SSSR count). The molecule has 0 saturated heterocycles. The molecule has 0 amide bonds. The molecule has 0 spiro atoms. The third-order valence-electron chi connectivity index (χ3n) is 3.02. The van der Waals surface area contributed by atoms with Gasteiger partial charge in [-0.1, -0.05) is 11.6 Å². The summed E-state index contributed by atoms with van der Waals surface area (Å²) in [4.78, 5) is 3.87. The van der Waals surface area contributed by atoms with Gasteiger partial charge in [0.2, 0.25) is 0 Å². The van der Waals surface area contributed by atoms with E-state index in [9.17, 15) is 10.1 Å². The molecule has 0 atom stereocenters. The molecule has 0 aliphatic heterocycles. The Hall–Kier alpha value is -0.135. The lowest BCUT2D eigenvalue weighted by molar-refractivity contribution is -0.0982. The minimum Gasteiger partial charge on any atom is -0.423 e. The molecule has 0 saturated carbocycles. The van der Waals surface area contributed by atoms with Crippen LogP contribution in [0.25, 0.3) is 0 Å². The van der Waals surface area contributed by atoms with Gasteiger partial charge in [0.25, 0.3) is 0 Å². The lowest BCUT2D eigenvalue weighted by Crippen LogP contribution is -2.53. The van der Waals surface area contributed by atoms with Crippen LogP contribution in [0.15, 0.2) is 16.7 Å². The highest BCUT2D eigenvalue weighted by Gasteiger charge is 2.40. The Kier molecular flexibility index (Phi) is 4.84. The number of nitrogens with zero attached hydrogens (tertiary/aromatic N) is 1. The zero-order valence-corrected chi connectivity index (χ0v) is 13.1. The van der Waals surface area contributed by atoms with Crippen LogP contribution in [0.4, 0.5) is 0 Å². The maximum atomic E-state index is 10.1. The Morgan fingerprint density at radius 1 is 1.39 bits per heavy atom. The standard InChI is InChI=1S/C11H16BBrClNO3/c1-10(2,16)11(3,4)18-12(17)7-5-6-15-9(14)8(7)13/h5-6,16-17H,1-4H3. The van der Waals surface area contributed by atoms with Crippen molar-refractivity contribution in [3.63, 3.8) is 0 Å². The first-order chi connectivity index (χ1) is 8.06. The molecule has 2 N–H and O–H groups in total. The van der Waals surface area contributed by atoms with E-state index in [1.165, 1.54) is 6.20 Å². The van der Waals surface area contributed by atoms with Gasteiger partial charge in [-0.3, -0.25) is 0 Å². The molecule has 4 nitrogen and oxygen atoms in total. The predicted molar refractivity (Wildman–Crippen MR) is 76.0 cm³/mol. The summed E-state index contributed by atoms with van der Waals surface area (Å²) in [6, 6.07) is 1.60. The van der Waals surface area contributed by atoms with Crippen LogP contribution in [0, 0.1) is 0 Å². The summed E-state index contributed by atoms with van der Waals surface area (Å²) in [6.45, 7) is 6.64. The van der Waals surface area contributed by atoms with E-state index in [-0.39, 0.29) is 5.15 Å². The van der Waals surface area contributed by atoms with Crippen LogP contribution in [-0.4, -0.2) is 33.4 Å². The molecule has 0 aromatic carbocycles. The maximum Gasteiger partial charge on any atom is 0.492 e. The van der Waals surface area contributed by atoms with Crippen LogP contribution in [0.1, 0.15) is 27.7 Å². The highest BCUT2D eigenvalue weighted by atomic mass is 79.9. The minimum absolute atomic E-state index is 0.246. The molecule has 0 aliphatic carbocycles. The molecule has 0 unspecified atom stereocenters. The van der Waals surface area contributed by atoms with Crippen molar-refractivity contribution in [3.8, 4) is 0 Å². The largest absolute Gasteiger partial charge is 0.492 e. The van der Waals surface area contributed by atoms with E-state index in [2.05, 4.69) is 20.9 Å². The quantitative estimate of drug-likeness (QED) is 0.650. The second kappa shape index (κ2) is 5.47. The number of hydrogen-bond acceptors (Lipinski definition) is 4. The third kappa shape index (κ3) is 3.45. The minimum atomic E-state index is -1.21. The van der Waals surface area contributed by atoms with Crippen LogP contribution in [0.5, 0.6) is 0 Å². The maximum absolute atomic E-state index is 10.1. The molecule has 1 heterocycles. The van der Waals surface area contributed by atoms with Gasteiger partial charge in [0.15, 0.2) is 0 Å². The Morgan fingerprint density at radius 3 is 2.44 bits per heavy atom. The van der Waals surface area contributed by atoms with Gasteiger partial charge in [-0.05, 0) is 49.7 Å². The van der Waals surface area contributed by atoms with Crippen molar-refractivity contribution in [1.82, 2.24) is 4.98 Å². The Labute approximate surface area is 121 Å². The normalized spacial score (nSPS) is 12.7. The van der Waals surface area contributed by atoms with E-state index < -0.39 is 18.3 Å². The van der Waals surface area contributed by atoms with Crippen molar-refractivity contribution >= 4 is 40.1 Å². The Morgan fingerprint density at radius 2 is 1.94 bits per heavy atom. The Bertz CT molecular complexity index is 437. The van der Waals surface area contributed by atoms with Crippen LogP contribution in [0.2, 0.25) is 5.15 Å². The van der Waals surface area contributed by atoms with E-state index in [0.29, 0.717) is 9.94 Å². The zero-order chi connectivity index (χ0) is 14.1. The summed E-state index contributed by atoms with van der Waals surface area (Å²) in [5, 5.41) is 20.3. The summed E-state index contributed by atoms with van der Waals surface area (Å²) in [6.07, 6.45) is 1.48. The molecular weight excluding hydrogens is 320 g/mol. The lowest BCUT2D eigenvalue weighted by atomic mass is 9.77. The summed E-state index contributed by atoms with van der Waals surface area (Å²) in [5.41, 5.74) is -1.56. The number of rotatable bonds is 4. The van der Waals surface area contributed by atoms with Crippen LogP contribution in [0.3, 0.4) is 0 Å². The summed E-state index contributed by atoms with van der Waals surface area (Å²) < 4.78 is 5.99. The molecule has 100 valence electrons. The van der Waals surface area contributed by atoms with Gasteiger partial charge < -0.3 is 14.8 Å². The average Bonchev–Trinajstić information content (AvgIpc) is 2.19. The summed E-state index contributed by atoms with van der Waals surface area (Å²) in [5.74, 6) is 0. The highest BCUT2D eigenvalue weighted by molar-refractivity contribution is 9.10. The number of aromatic nitrogens is 1. The van der Waals surface area contributed by atoms with Crippen LogP contribution in [-0.2, 0) is 4.65 Å². The van der Waals surface area contributed by atoms with Crippen LogP contribution < -0.4 is 5.46 Å². The van der Waals surface area contributed by atoms with E-state index in [0.717, 1.165) is 0 Å². The topological polar surface area (TPSA) is 62.6 Å². The molecule has 0 bridgehead atoms. The van der Waals surface area contributed by atoms with Gasteiger partial charge in [-0.2, -0.15) is 0 Å². The van der Waals surface area contributed by atoms with Crippen molar-refractivity contribution < 1.29 is 14.8 Å². The highest BCUT2D eigenvalue weighted by Crippen LogP contribution is 2.26. The van der Waals surface area contributed by atoms with Crippen molar-refractivity contribution in [3.05, 3.63) is 21.9 Å². The fourth-order valence-corrected chi connectivity index (χ4v) is 1.71. The van der Waals surface area contributed by atoms with Crippen molar-refractivity contribution in [1.29, 1.82) is 0 Å². The van der Waals surface area contributed by atoms with Gasteiger partial charge in [-0.15, -0.1) is 0 Å².